The predicted molar refractivity (Wildman–Crippen MR) is 149 cm³/mol. The summed E-state index contributed by atoms with van der Waals surface area (Å²) in [6.45, 7) is 4.01. The van der Waals surface area contributed by atoms with Gasteiger partial charge in [0.15, 0.2) is 0 Å². The molecule has 2 N–H and O–H groups in total. The second-order valence-corrected chi connectivity index (χ2v) is 10.5. The molecule has 0 bridgehead atoms. The van der Waals surface area contributed by atoms with Crippen LogP contribution in [0.15, 0.2) is 75.8 Å². The Labute approximate surface area is 263 Å². The van der Waals surface area contributed by atoms with Gasteiger partial charge in [-0.25, -0.2) is 0 Å². The van der Waals surface area contributed by atoms with Gasteiger partial charge in [-0.1, -0.05) is 60.1 Å². The number of anilines is 1. The zero-order valence-corrected chi connectivity index (χ0v) is 26.1. The maximum Gasteiger partial charge on any atom is 1.00 e. The van der Waals surface area contributed by atoms with Crippen LogP contribution in [-0.2, 0) is 16.5 Å². The molecule has 0 aliphatic heterocycles. The average Bonchev–Trinajstić information content (AvgIpc) is 2.90. The molecule has 0 unspecified atom stereocenters. The van der Waals surface area contributed by atoms with Crippen LogP contribution in [-0.4, -0.2) is 25.5 Å². The van der Waals surface area contributed by atoms with Gasteiger partial charge in [0.05, 0.1) is 28.0 Å². The van der Waals surface area contributed by atoms with Gasteiger partial charge < -0.3 is 15.2 Å². The monoisotopic (exact) mass is 609 g/mol. The number of azo groups is 1. The largest absolute Gasteiger partial charge is 1.00 e. The Morgan fingerprint density at radius 2 is 1.77 bits per heavy atom. The molecule has 0 aliphatic carbocycles. The van der Waals surface area contributed by atoms with Gasteiger partial charge in [-0.3, -0.25) is 9.35 Å². The first-order valence-electron chi connectivity index (χ1n) is 11.7. The SMILES string of the molecule is CCOc1ccc(Cl)c(NC(=O)c2cc3ccccc3c(N=Nc3cc(CC)cc(S(=O)(=O)O)c3Cl)c2[O-])c1.[Na+]. The van der Waals surface area contributed by atoms with E-state index in [1.807, 2.05) is 6.92 Å². The van der Waals surface area contributed by atoms with Crippen molar-refractivity contribution in [2.75, 3.05) is 11.9 Å². The maximum atomic E-state index is 13.5. The number of ether oxygens (including phenoxy) is 1. The summed E-state index contributed by atoms with van der Waals surface area (Å²) in [7, 11) is -4.64. The van der Waals surface area contributed by atoms with Crippen molar-refractivity contribution >= 4 is 67.1 Å². The number of carbonyl (C=O) groups excluding carboxylic acids is 1. The fraction of sp³-hybridized carbons (Fsp3) is 0.148. The summed E-state index contributed by atoms with van der Waals surface area (Å²) < 4.78 is 38.7. The van der Waals surface area contributed by atoms with Crippen LogP contribution in [0.5, 0.6) is 11.5 Å². The van der Waals surface area contributed by atoms with Gasteiger partial charge in [-0.2, -0.15) is 13.5 Å². The predicted octanol–water partition coefficient (Wildman–Crippen LogP) is 4.10. The maximum absolute atomic E-state index is 13.5. The van der Waals surface area contributed by atoms with Gasteiger partial charge in [-0.05, 0) is 54.6 Å². The van der Waals surface area contributed by atoms with Gasteiger partial charge in [0, 0.05) is 17.0 Å². The van der Waals surface area contributed by atoms with Crippen LogP contribution in [0, 0.1) is 0 Å². The average molecular weight is 610 g/mol. The van der Waals surface area contributed by atoms with Crippen molar-refractivity contribution in [1.29, 1.82) is 0 Å². The molecule has 4 aromatic rings. The van der Waals surface area contributed by atoms with E-state index >= 15 is 0 Å². The van der Waals surface area contributed by atoms with E-state index in [1.165, 1.54) is 18.2 Å². The summed E-state index contributed by atoms with van der Waals surface area (Å²) in [4.78, 5) is 12.7. The molecular weight excluding hydrogens is 588 g/mol. The Morgan fingerprint density at radius 1 is 1.05 bits per heavy atom. The molecule has 4 aromatic carbocycles. The zero-order chi connectivity index (χ0) is 28.3. The Balaban J connectivity index is 0.00000441. The van der Waals surface area contributed by atoms with Crippen LogP contribution in [0.1, 0.15) is 29.8 Å². The zero-order valence-electron chi connectivity index (χ0n) is 21.7. The van der Waals surface area contributed by atoms with Crippen molar-refractivity contribution in [1.82, 2.24) is 0 Å². The molecule has 1 amide bonds. The molecule has 4 rings (SSSR count). The van der Waals surface area contributed by atoms with E-state index in [4.69, 9.17) is 27.9 Å². The minimum atomic E-state index is -4.64. The summed E-state index contributed by atoms with van der Waals surface area (Å²) in [5, 5.41) is 25.1. The molecule has 0 heterocycles. The van der Waals surface area contributed by atoms with E-state index in [0.717, 1.165) is 0 Å². The van der Waals surface area contributed by atoms with Gasteiger partial charge in [0.25, 0.3) is 16.0 Å². The van der Waals surface area contributed by atoms with Gasteiger partial charge >= 0.3 is 29.6 Å². The topological polar surface area (TPSA) is 140 Å². The number of halogens is 2. The second kappa shape index (κ2) is 13.3. The number of hydrogen-bond donors (Lipinski definition) is 2. The molecule has 40 heavy (non-hydrogen) atoms. The van der Waals surface area contributed by atoms with Gasteiger partial charge in [-0.15, -0.1) is 5.11 Å². The standard InChI is InChI=1S/C27H23Cl2N3O6S.Na/c1-3-15-11-22(24(29)23(12-15)39(35,36)37)31-32-25-18-8-6-5-7-16(18)13-19(26(25)33)27(34)30-21-14-17(38-4-2)9-10-20(21)28;/h5-14,33H,3-4H2,1-2H3,(H,30,34)(H,35,36,37);/q;+1/p-1. The van der Waals surface area contributed by atoms with Crippen molar-refractivity contribution in [2.45, 2.75) is 25.2 Å². The summed E-state index contributed by atoms with van der Waals surface area (Å²) in [5.74, 6) is -0.953. The summed E-state index contributed by atoms with van der Waals surface area (Å²) in [6, 6.07) is 15.7. The minimum Gasteiger partial charge on any atom is -0.870 e. The Hall–Kier alpha value is -2.70. The second-order valence-electron chi connectivity index (χ2n) is 8.31. The van der Waals surface area contributed by atoms with Gasteiger partial charge in [0.2, 0.25) is 0 Å². The number of aryl methyl sites for hydroxylation is 1. The summed E-state index contributed by atoms with van der Waals surface area (Å²) in [5.41, 5.74) is 0.338. The number of fused-ring (bicyclic) bond motifs is 1. The Morgan fingerprint density at radius 3 is 2.45 bits per heavy atom. The number of benzene rings is 4. The molecule has 0 fully saturated rings. The third-order valence-electron chi connectivity index (χ3n) is 5.74. The first-order valence-corrected chi connectivity index (χ1v) is 13.9. The summed E-state index contributed by atoms with van der Waals surface area (Å²) >= 11 is 12.5. The van der Waals surface area contributed by atoms with Crippen LogP contribution in [0.3, 0.4) is 0 Å². The number of hydrogen-bond acceptors (Lipinski definition) is 7. The van der Waals surface area contributed by atoms with Crippen LogP contribution in [0.25, 0.3) is 10.8 Å². The fourth-order valence-electron chi connectivity index (χ4n) is 3.83. The number of nitrogens with one attached hydrogen (secondary N) is 1. The normalized spacial score (nSPS) is 11.4. The minimum absolute atomic E-state index is 0. The first kappa shape index (κ1) is 31.8. The first-order chi connectivity index (χ1) is 18.5. The van der Waals surface area contributed by atoms with E-state index in [-0.39, 0.29) is 62.2 Å². The van der Waals surface area contributed by atoms with Crippen LogP contribution >= 0.6 is 23.2 Å². The molecule has 0 aliphatic rings. The van der Waals surface area contributed by atoms with Crippen molar-refractivity contribution in [3.05, 3.63) is 81.8 Å². The van der Waals surface area contributed by atoms with Gasteiger partial charge in [0.1, 0.15) is 16.3 Å². The third kappa shape index (κ3) is 6.95. The molecular formula is C27H22Cl2N3NaO6S. The molecule has 0 aromatic heterocycles. The molecule has 0 saturated carbocycles. The van der Waals surface area contributed by atoms with E-state index in [1.54, 1.807) is 49.4 Å². The van der Waals surface area contributed by atoms with Crippen LogP contribution in [0.2, 0.25) is 10.0 Å². The van der Waals surface area contributed by atoms with Crippen LogP contribution < -0.4 is 44.7 Å². The molecule has 9 nitrogen and oxygen atoms in total. The third-order valence-corrected chi connectivity index (χ3v) is 7.46. The number of carbonyl (C=O) groups is 1. The Bertz CT molecular complexity index is 1730. The number of nitrogens with zero attached hydrogens (tertiary/aromatic N) is 2. The molecule has 0 radical (unpaired) electrons. The summed E-state index contributed by atoms with van der Waals surface area (Å²) in [6.07, 6.45) is 0.417. The molecule has 0 spiro atoms. The molecule has 0 saturated heterocycles. The van der Waals surface area contributed by atoms with Crippen LogP contribution in [0.4, 0.5) is 17.1 Å². The van der Waals surface area contributed by atoms with Crippen molar-refractivity contribution in [3.8, 4) is 11.5 Å². The fourth-order valence-corrected chi connectivity index (χ4v) is 5.07. The molecule has 202 valence electrons. The number of amides is 1. The van der Waals surface area contributed by atoms with Crippen molar-refractivity contribution in [2.24, 2.45) is 10.2 Å². The molecule has 0 atom stereocenters. The van der Waals surface area contributed by atoms with E-state index in [9.17, 15) is 22.9 Å². The molecule has 13 heteroatoms. The smallest absolute Gasteiger partial charge is 0.870 e. The van der Waals surface area contributed by atoms with Crippen molar-refractivity contribution in [3.63, 3.8) is 0 Å². The number of rotatable bonds is 8. The van der Waals surface area contributed by atoms with Crippen molar-refractivity contribution < 1.29 is 57.2 Å². The van der Waals surface area contributed by atoms with E-state index in [2.05, 4.69) is 15.5 Å². The Kier molecular flexibility index (Phi) is 10.6. The van der Waals surface area contributed by atoms with E-state index in [0.29, 0.717) is 35.1 Å². The van der Waals surface area contributed by atoms with E-state index < -0.39 is 26.7 Å². The quantitative estimate of drug-likeness (QED) is 0.175.